The van der Waals surface area contributed by atoms with Crippen LogP contribution in [0, 0.1) is 13.8 Å². The standard InChI is InChI=1S/C33H36ClN5O3S/c1-6-7-17-43-33-37-32-35-22(4)29(31(40)36-26-10-8-9-20(2)21(26)3)30(39(32)38-33)24-13-16-27(28(18-24)41-5)42-19-23-11-14-25(34)15-12-23/h8-16,18,30H,6-7,17,19H2,1-5H3,(H,36,40)(H,35,37,38). The third-order valence-corrected chi connectivity index (χ3v) is 8.65. The molecular weight excluding hydrogens is 582 g/mol. The van der Waals surface area contributed by atoms with Crippen LogP contribution < -0.4 is 20.1 Å². The Morgan fingerprint density at radius 1 is 1.09 bits per heavy atom. The van der Waals surface area contributed by atoms with Crippen LogP contribution in [0.1, 0.15) is 55.0 Å². The molecule has 1 aliphatic heterocycles. The van der Waals surface area contributed by atoms with Gasteiger partial charge in [-0.2, -0.15) is 4.98 Å². The number of anilines is 2. The van der Waals surface area contributed by atoms with E-state index in [0.717, 1.165) is 46.5 Å². The SMILES string of the molecule is CCCCSc1nc2n(n1)C(c1ccc(OCc3ccc(Cl)cc3)c(OC)c1)C(C(=O)Nc1cccc(C)c1C)=C(C)N2. The van der Waals surface area contributed by atoms with Crippen molar-refractivity contribution in [3.63, 3.8) is 0 Å². The van der Waals surface area contributed by atoms with E-state index in [1.165, 1.54) is 0 Å². The zero-order valence-corrected chi connectivity index (χ0v) is 26.6. The van der Waals surface area contributed by atoms with Crippen LogP contribution in [0.15, 0.2) is 77.1 Å². The minimum Gasteiger partial charge on any atom is -0.493 e. The molecule has 1 unspecified atom stereocenters. The number of rotatable bonds is 11. The molecule has 224 valence electrons. The highest BCUT2D eigenvalue weighted by molar-refractivity contribution is 7.99. The first kappa shape index (κ1) is 30.5. The fraction of sp³-hybridized carbons (Fsp3) is 0.303. The van der Waals surface area contributed by atoms with E-state index in [0.29, 0.717) is 45.5 Å². The maximum atomic E-state index is 14.0. The number of carbonyl (C=O) groups excluding carboxylic acids is 1. The van der Waals surface area contributed by atoms with E-state index < -0.39 is 6.04 Å². The van der Waals surface area contributed by atoms with Crippen molar-refractivity contribution in [2.75, 3.05) is 23.5 Å². The normalized spacial score (nSPS) is 14.2. The summed E-state index contributed by atoms with van der Waals surface area (Å²) in [5, 5.41) is 12.7. The largest absolute Gasteiger partial charge is 0.493 e. The van der Waals surface area contributed by atoms with Crippen LogP contribution in [-0.2, 0) is 11.4 Å². The highest BCUT2D eigenvalue weighted by Crippen LogP contribution is 2.40. The van der Waals surface area contributed by atoms with Crippen LogP contribution >= 0.6 is 23.4 Å². The zero-order valence-electron chi connectivity index (χ0n) is 25.0. The first-order chi connectivity index (χ1) is 20.8. The summed E-state index contributed by atoms with van der Waals surface area (Å²) >= 11 is 7.64. The Bertz CT molecular complexity index is 1650. The van der Waals surface area contributed by atoms with Gasteiger partial charge in [-0.05, 0) is 79.8 Å². The molecule has 10 heteroatoms. The molecule has 0 saturated heterocycles. The van der Waals surface area contributed by atoms with Crippen LogP contribution in [0.25, 0.3) is 0 Å². The number of nitrogens with one attached hydrogen (secondary N) is 2. The van der Waals surface area contributed by atoms with Gasteiger partial charge in [0.25, 0.3) is 5.91 Å². The Morgan fingerprint density at radius 3 is 2.63 bits per heavy atom. The van der Waals surface area contributed by atoms with E-state index in [9.17, 15) is 4.79 Å². The highest BCUT2D eigenvalue weighted by Gasteiger charge is 2.35. The molecular formula is C33H36ClN5O3S. The Kier molecular flexibility index (Phi) is 9.62. The molecule has 5 rings (SSSR count). The lowest BCUT2D eigenvalue weighted by atomic mass is 9.94. The molecule has 3 aromatic carbocycles. The van der Waals surface area contributed by atoms with E-state index in [2.05, 4.69) is 17.6 Å². The van der Waals surface area contributed by atoms with E-state index in [1.54, 1.807) is 23.6 Å². The predicted molar refractivity (Wildman–Crippen MR) is 173 cm³/mol. The van der Waals surface area contributed by atoms with Crippen LogP contribution in [0.4, 0.5) is 11.6 Å². The number of aromatic nitrogens is 3. The molecule has 0 aliphatic carbocycles. The Labute approximate surface area is 261 Å². The minimum atomic E-state index is -0.548. The van der Waals surface area contributed by atoms with Gasteiger partial charge < -0.3 is 20.1 Å². The van der Waals surface area contributed by atoms with Crippen LogP contribution in [-0.4, -0.2) is 33.5 Å². The molecule has 1 aromatic heterocycles. The summed E-state index contributed by atoms with van der Waals surface area (Å²) < 4.78 is 13.7. The molecule has 0 radical (unpaired) electrons. The van der Waals surface area contributed by atoms with Crippen molar-refractivity contribution in [3.05, 3.63) is 99.2 Å². The van der Waals surface area contributed by atoms with E-state index in [-0.39, 0.29) is 5.91 Å². The number of carbonyl (C=O) groups is 1. The zero-order chi connectivity index (χ0) is 30.5. The van der Waals surface area contributed by atoms with Gasteiger partial charge in [0, 0.05) is 22.2 Å². The number of ether oxygens (including phenoxy) is 2. The summed E-state index contributed by atoms with van der Waals surface area (Å²) in [5.74, 6) is 2.44. The molecule has 8 nitrogen and oxygen atoms in total. The first-order valence-electron chi connectivity index (χ1n) is 14.3. The minimum absolute atomic E-state index is 0.216. The van der Waals surface area contributed by atoms with Crippen molar-refractivity contribution in [2.45, 2.75) is 58.3 Å². The van der Waals surface area contributed by atoms with Gasteiger partial charge in [0.05, 0.1) is 12.7 Å². The van der Waals surface area contributed by atoms with Gasteiger partial charge in [0.1, 0.15) is 12.6 Å². The molecule has 4 aromatic rings. The molecule has 0 saturated carbocycles. The van der Waals surface area contributed by atoms with Crippen molar-refractivity contribution in [3.8, 4) is 11.5 Å². The van der Waals surface area contributed by atoms with Crippen LogP contribution in [0.3, 0.4) is 0 Å². The Balaban J connectivity index is 1.51. The van der Waals surface area contributed by atoms with Crippen molar-refractivity contribution in [2.24, 2.45) is 0 Å². The lowest BCUT2D eigenvalue weighted by molar-refractivity contribution is -0.113. The lowest BCUT2D eigenvalue weighted by Crippen LogP contribution is -2.31. The molecule has 1 amide bonds. The fourth-order valence-corrected chi connectivity index (χ4v) is 5.93. The summed E-state index contributed by atoms with van der Waals surface area (Å²) in [4.78, 5) is 18.8. The van der Waals surface area contributed by atoms with Gasteiger partial charge >= 0.3 is 0 Å². The Hall–Kier alpha value is -3.95. The molecule has 1 aliphatic rings. The van der Waals surface area contributed by atoms with Crippen LogP contribution in [0.2, 0.25) is 5.02 Å². The van der Waals surface area contributed by atoms with Crippen molar-refractivity contribution in [1.82, 2.24) is 14.8 Å². The number of aryl methyl sites for hydroxylation is 1. The van der Waals surface area contributed by atoms with Crippen molar-refractivity contribution in [1.29, 1.82) is 0 Å². The number of halogens is 1. The number of nitrogens with zero attached hydrogens (tertiary/aromatic N) is 3. The molecule has 43 heavy (non-hydrogen) atoms. The summed E-state index contributed by atoms with van der Waals surface area (Å²) in [6.07, 6.45) is 2.16. The summed E-state index contributed by atoms with van der Waals surface area (Å²) in [6.45, 7) is 8.45. The van der Waals surface area contributed by atoms with Crippen molar-refractivity contribution < 1.29 is 14.3 Å². The maximum absolute atomic E-state index is 14.0. The monoisotopic (exact) mass is 617 g/mol. The number of thioether (sulfide) groups is 1. The second-order valence-corrected chi connectivity index (χ2v) is 12.0. The predicted octanol–water partition coefficient (Wildman–Crippen LogP) is 7.96. The average molecular weight is 618 g/mol. The number of methoxy groups -OCH3 is 1. The summed E-state index contributed by atoms with van der Waals surface area (Å²) in [5.41, 5.74) is 5.95. The van der Waals surface area contributed by atoms with Gasteiger partial charge in [-0.25, -0.2) is 4.68 Å². The highest BCUT2D eigenvalue weighted by atomic mass is 35.5. The van der Waals surface area contributed by atoms with Gasteiger partial charge in [0.15, 0.2) is 11.5 Å². The Morgan fingerprint density at radius 2 is 1.88 bits per heavy atom. The molecule has 1 atom stereocenters. The molecule has 0 fully saturated rings. The second-order valence-electron chi connectivity index (χ2n) is 10.5. The molecule has 0 spiro atoms. The summed E-state index contributed by atoms with van der Waals surface area (Å²) in [7, 11) is 1.61. The van der Waals surface area contributed by atoms with Gasteiger partial charge in [-0.3, -0.25) is 4.79 Å². The molecule has 2 heterocycles. The number of amides is 1. The van der Waals surface area contributed by atoms with E-state index in [1.807, 2.05) is 81.4 Å². The van der Waals surface area contributed by atoms with Crippen molar-refractivity contribution >= 4 is 40.9 Å². The number of benzene rings is 3. The average Bonchev–Trinajstić information content (AvgIpc) is 3.40. The topological polar surface area (TPSA) is 90.3 Å². The molecule has 2 N–H and O–H groups in total. The van der Waals surface area contributed by atoms with E-state index in [4.69, 9.17) is 31.2 Å². The lowest BCUT2D eigenvalue weighted by Gasteiger charge is -2.29. The maximum Gasteiger partial charge on any atom is 0.255 e. The fourth-order valence-electron chi connectivity index (χ4n) is 4.89. The summed E-state index contributed by atoms with van der Waals surface area (Å²) in [6, 6.07) is 18.6. The van der Waals surface area contributed by atoms with Gasteiger partial charge in [-0.15, -0.1) is 5.10 Å². The van der Waals surface area contributed by atoms with E-state index >= 15 is 0 Å². The number of hydrogen-bond donors (Lipinski definition) is 2. The third-order valence-electron chi connectivity index (χ3n) is 7.47. The number of unbranched alkanes of at least 4 members (excludes halogenated alkanes) is 1. The second kappa shape index (κ2) is 13.6. The third kappa shape index (κ3) is 6.84. The van der Waals surface area contributed by atoms with Gasteiger partial charge in [-0.1, -0.05) is 67.0 Å². The smallest absolute Gasteiger partial charge is 0.255 e. The molecule has 0 bridgehead atoms. The first-order valence-corrected chi connectivity index (χ1v) is 15.6. The van der Waals surface area contributed by atoms with Gasteiger partial charge in [0.2, 0.25) is 11.1 Å². The number of allylic oxidation sites excluding steroid dienone is 1. The quantitative estimate of drug-likeness (QED) is 0.130. The van der Waals surface area contributed by atoms with Crippen LogP contribution in [0.5, 0.6) is 11.5 Å². The number of hydrogen-bond acceptors (Lipinski definition) is 7. The number of fused-ring (bicyclic) bond motifs is 1.